The minimum Gasteiger partial charge on any atom is -0.369 e. The van der Waals surface area contributed by atoms with E-state index in [0.29, 0.717) is 0 Å². The Balaban J connectivity index is 1.67. The second kappa shape index (κ2) is 6.72. The zero-order valence-electron chi connectivity index (χ0n) is 16.1. The molecule has 0 aromatic heterocycles. The first-order chi connectivity index (χ1) is 11.7. The minimum absolute atomic E-state index is 0.265. The SMILES string of the molecule is CC1(C)CC(C#N)(N2CCN(Cc3ccccc3)CC2)CC(C)(C)O1. The Morgan fingerprint density at radius 3 is 2.04 bits per heavy atom. The van der Waals surface area contributed by atoms with Crippen LogP contribution in [-0.4, -0.2) is 52.7 Å². The average molecular weight is 341 g/mol. The van der Waals surface area contributed by atoms with Crippen molar-refractivity contribution in [1.29, 1.82) is 5.26 Å². The lowest BCUT2D eigenvalue weighted by Gasteiger charge is -2.54. The number of rotatable bonds is 3. The van der Waals surface area contributed by atoms with Crippen LogP contribution in [0.4, 0.5) is 0 Å². The summed E-state index contributed by atoms with van der Waals surface area (Å²) in [4.78, 5) is 4.91. The van der Waals surface area contributed by atoms with Gasteiger partial charge in [-0.15, -0.1) is 0 Å². The van der Waals surface area contributed by atoms with Gasteiger partial charge < -0.3 is 4.74 Å². The van der Waals surface area contributed by atoms with E-state index in [1.807, 2.05) is 0 Å². The van der Waals surface area contributed by atoms with Crippen LogP contribution in [0.3, 0.4) is 0 Å². The van der Waals surface area contributed by atoms with E-state index in [2.05, 4.69) is 73.9 Å². The van der Waals surface area contributed by atoms with Gasteiger partial charge in [-0.2, -0.15) is 5.26 Å². The van der Waals surface area contributed by atoms with Crippen molar-refractivity contribution in [2.75, 3.05) is 26.2 Å². The van der Waals surface area contributed by atoms with Crippen molar-refractivity contribution in [3.05, 3.63) is 35.9 Å². The van der Waals surface area contributed by atoms with Crippen molar-refractivity contribution in [2.45, 2.75) is 63.8 Å². The molecule has 2 fully saturated rings. The van der Waals surface area contributed by atoms with Gasteiger partial charge in [0.05, 0.1) is 17.3 Å². The number of hydrogen-bond acceptors (Lipinski definition) is 4. The number of benzene rings is 1. The van der Waals surface area contributed by atoms with Gasteiger partial charge >= 0.3 is 0 Å². The lowest BCUT2D eigenvalue weighted by Crippen LogP contribution is -2.64. The largest absolute Gasteiger partial charge is 0.369 e. The van der Waals surface area contributed by atoms with Gasteiger partial charge in [-0.1, -0.05) is 30.3 Å². The average Bonchev–Trinajstić information content (AvgIpc) is 2.53. The molecule has 25 heavy (non-hydrogen) atoms. The molecule has 0 bridgehead atoms. The Morgan fingerprint density at radius 1 is 0.960 bits per heavy atom. The van der Waals surface area contributed by atoms with Crippen LogP contribution >= 0.6 is 0 Å². The normalized spacial score (nSPS) is 26.0. The van der Waals surface area contributed by atoms with Crippen molar-refractivity contribution in [2.24, 2.45) is 0 Å². The van der Waals surface area contributed by atoms with E-state index in [4.69, 9.17) is 4.74 Å². The smallest absolute Gasteiger partial charge is 0.114 e. The molecule has 0 atom stereocenters. The Kier molecular flexibility index (Phi) is 4.94. The fraction of sp³-hybridized carbons (Fsp3) is 0.667. The van der Waals surface area contributed by atoms with Crippen LogP contribution in [0.5, 0.6) is 0 Å². The van der Waals surface area contributed by atoms with E-state index in [1.54, 1.807) is 0 Å². The molecule has 4 nitrogen and oxygen atoms in total. The standard InChI is InChI=1S/C21H31N3O/c1-19(2)15-21(17-22,16-20(3,4)25-19)24-12-10-23(11-13-24)14-18-8-6-5-7-9-18/h5-9H,10-16H2,1-4H3. The van der Waals surface area contributed by atoms with Gasteiger partial charge in [0.15, 0.2) is 0 Å². The molecule has 0 saturated carbocycles. The van der Waals surface area contributed by atoms with Crippen LogP contribution < -0.4 is 0 Å². The van der Waals surface area contributed by atoms with Gasteiger partial charge in [0.2, 0.25) is 0 Å². The highest BCUT2D eigenvalue weighted by molar-refractivity contribution is 5.17. The van der Waals surface area contributed by atoms with E-state index >= 15 is 0 Å². The number of piperazine rings is 1. The van der Waals surface area contributed by atoms with Crippen LogP contribution in [0.15, 0.2) is 30.3 Å². The molecular weight excluding hydrogens is 310 g/mol. The highest BCUT2D eigenvalue weighted by Gasteiger charge is 2.52. The second-order valence-electron chi connectivity index (χ2n) is 8.87. The quantitative estimate of drug-likeness (QED) is 0.844. The summed E-state index contributed by atoms with van der Waals surface area (Å²) in [5, 5.41) is 10.1. The molecule has 0 N–H and O–H groups in total. The zero-order chi connectivity index (χ0) is 18.1. The molecule has 2 heterocycles. The van der Waals surface area contributed by atoms with Crippen molar-refractivity contribution in [3.8, 4) is 6.07 Å². The van der Waals surface area contributed by atoms with Crippen LogP contribution in [0, 0.1) is 11.3 Å². The van der Waals surface area contributed by atoms with Gasteiger partial charge in [0, 0.05) is 45.6 Å². The molecule has 0 amide bonds. The summed E-state index contributed by atoms with van der Waals surface area (Å²) < 4.78 is 6.22. The topological polar surface area (TPSA) is 39.5 Å². The third kappa shape index (κ3) is 4.23. The Labute approximate surface area is 152 Å². The van der Waals surface area contributed by atoms with Crippen molar-refractivity contribution in [1.82, 2.24) is 9.80 Å². The zero-order valence-corrected chi connectivity index (χ0v) is 16.1. The maximum Gasteiger partial charge on any atom is 0.114 e. The van der Waals surface area contributed by atoms with Gasteiger partial charge in [0.25, 0.3) is 0 Å². The summed E-state index contributed by atoms with van der Waals surface area (Å²) in [5.74, 6) is 0. The maximum atomic E-state index is 10.1. The molecule has 0 unspecified atom stereocenters. The van der Waals surface area contributed by atoms with Crippen LogP contribution in [0.25, 0.3) is 0 Å². The van der Waals surface area contributed by atoms with Crippen LogP contribution in [-0.2, 0) is 11.3 Å². The third-order valence-corrected chi connectivity index (χ3v) is 5.42. The molecular formula is C21H31N3O. The minimum atomic E-state index is -0.413. The molecule has 3 rings (SSSR count). The molecule has 2 aliphatic rings. The first-order valence-corrected chi connectivity index (χ1v) is 9.37. The molecule has 2 saturated heterocycles. The van der Waals surface area contributed by atoms with E-state index < -0.39 is 5.54 Å². The van der Waals surface area contributed by atoms with Gasteiger partial charge in [0.1, 0.15) is 5.54 Å². The summed E-state index contributed by atoms with van der Waals surface area (Å²) in [5.41, 5.74) is 0.417. The monoisotopic (exact) mass is 341 g/mol. The van der Waals surface area contributed by atoms with Gasteiger partial charge in [-0.05, 0) is 33.3 Å². The number of nitrogens with zero attached hydrogens (tertiary/aromatic N) is 3. The summed E-state index contributed by atoms with van der Waals surface area (Å²) in [6, 6.07) is 13.3. The number of hydrogen-bond donors (Lipinski definition) is 0. The number of nitriles is 1. The fourth-order valence-corrected chi connectivity index (χ4v) is 4.84. The first kappa shape index (κ1) is 18.4. The van der Waals surface area contributed by atoms with Crippen molar-refractivity contribution in [3.63, 3.8) is 0 Å². The van der Waals surface area contributed by atoms with Crippen LogP contribution in [0.2, 0.25) is 0 Å². The summed E-state index contributed by atoms with van der Waals surface area (Å²) in [6.07, 6.45) is 1.55. The maximum absolute atomic E-state index is 10.1. The van der Waals surface area contributed by atoms with Crippen molar-refractivity contribution >= 4 is 0 Å². The Morgan fingerprint density at radius 2 is 1.52 bits per heavy atom. The van der Waals surface area contributed by atoms with Gasteiger partial charge in [-0.25, -0.2) is 0 Å². The summed E-state index contributed by atoms with van der Waals surface area (Å²) in [7, 11) is 0. The first-order valence-electron chi connectivity index (χ1n) is 9.37. The molecule has 1 aromatic rings. The molecule has 0 aliphatic carbocycles. The predicted octanol–water partition coefficient (Wildman–Crippen LogP) is 3.43. The predicted molar refractivity (Wildman–Crippen MR) is 100 cm³/mol. The molecule has 0 spiro atoms. The fourth-order valence-electron chi connectivity index (χ4n) is 4.84. The van der Waals surface area contributed by atoms with E-state index in [1.165, 1.54) is 5.56 Å². The lowest BCUT2D eigenvalue weighted by molar-refractivity contribution is -0.194. The number of ether oxygens (including phenoxy) is 1. The summed E-state index contributed by atoms with van der Waals surface area (Å²) in [6.45, 7) is 13.4. The molecule has 4 heteroatoms. The molecule has 1 aromatic carbocycles. The second-order valence-corrected chi connectivity index (χ2v) is 8.87. The molecule has 2 aliphatic heterocycles. The highest BCUT2D eigenvalue weighted by atomic mass is 16.5. The van der Waals surface area contributed by atoms with E-state index in [9.17, 15) is 5.26 Å². The Hall–Kier alpha value is -1.41. The summed E-state index contributed by atoms with van der Waals surface area (Å²) >= 11 is 0. The highest BCUT2D eigenvalue weighted by Crippen LogP contribution is 2.44. The van der Waals surface area contributed by atoms with Gasteiger partial charge in [-0.3, -0.25) is 9.80 Å². The van der Waals surface area contributed by atoms with Crippen molar-refractivity contribution < 1.29 is 4.74 Å². The van der Waals surface area contributed by atoms with E-state index in [0.717, 1.165) is 45.6 Å². The Bertz CT molecular complexity index is 608. The lowest BCUT2D eigenvalue weighted by atomic mass is 9.74. The third-order valence-electron chi connectivity index (χ3n) is 5.42. The van der Waals surface area contributed by atoms with Crippen LogP contribution in [0.1, 0.15) is 46.1 Å². The molecule has 136 valence electrons. The van der Waals surface area contributed by atoms with E-state index in [-0.39, 0.29) is 11.2 Å². The molecule has 0 radical (unpaired) electrons.